The normalized spacial score (nSPS) is 10.7. The molecule has 2 heterocycles. The van der Waals surface area contributed by atoms with Gasteiger partial charge >= 0.3 is 0 Å². The van der Waals surface area contributed by atoms with Crippen LogP contribution in [0.4, 0.5) is 5.69 Å². The van der Waals surface area contributed by atoms with Gasteiger partial charge in [-0.1, -0.05) is 30.1 Å². The fourth-order valence-corrected chi connectivity index (χ4v) is 3.41. The first-order chi connectivity index (χ1) is 14.8. The molecule has 0 aliphatic carbocycles. The third-order valence-electron chi connectivity index (χ3n) is 4.44. The van der Waals surface area contributed by atoms with Crippen molar-refractivity contribution in [3.8, 4) is 5.82 Å². The number of carbonyl (C=O) groups is 2. The number of aromatic amines is 1. The van der Waals surface area contributed by atoms with Crippen LogP contribution >= 0.6 is 23.2 Å². The van der Waals surface area contributed by atoms with Gasteiger partial charge in [-0.3, -0.25) is 14.4 Å². The van der Waals surface area contributed by atoms with Crippen LogP contribution in [0.25, 0.3) is 5.82 Å². The molecule has 0 aliphatic heterocycles. The lowest BCUT2D eigenvalue weighted by Gasteiger charge is -2.21. The molecule has 0 radical (unpaired) electrons. The molecule has 0 bridgehead atoms. The van der Waals surface area contributed by atoms with Crippen LogP contribution in [0.5, 0.6) is 0 Å². The molecule has 3 aromatic rings. The molecule has 1 aromatic carbocycles. The first-order valence-corrected chi connectivity index (χ1v) is 10.2. The Bertz CT molecular complexity index is 1150. The molecule has 2 aromatic heterocycles. The quantitative estimate of drug-likeness (QED) is 0.559. The van der Waals surface area contributed by atoms with Crippen molar-refractivity contribution in [2.24, 2.45) is 0 Å². The summed E-state index contributed by atoms with van der Waals surface area (Å²) in [6.07, 6.45) is 2.08. The zero-order valence-electron chi connectivity index (χ0n) is 16.9. The maximum absolute atomic E-state index is 13.1. The molecule has 0 unspecified atom stereocenters. The predicted molar refractivity (Wildman–Crippen MR) is 118 cm³/mol. The summed E-state index contributed by atoms with van der Waals surface area (Å²) in [6, 6.07) is 7.55. The highest BCUT2D eigenvalue weighted by molar-refractivity contribution is 6.36. The van der Waals surface area contributed by atoms with E-state index in [4.69, 9.17) is 23.2 Å². The molecule has 31 heavy (non-hydrogen) atoms. The molecule has 162 valence electrons. The van der Waals surface area contributed by atoms with Crippen LogP contribution in [0.1, 0.15) is 29.4 Å². The fourth-order valence-electron chi connectivity index (χ4n) is 2.95. The van der Waals surface area contributed by atoms with Crippen LogP contribution in [0, 0.1) is 6.92 Å². The Labute approximate surface area is 188 Å². The second-order valence-electron chi connectivity index (χ2n) is 6.73. The van der Waals surface area contributed by atoms with Crippen molar-refractivity contribution in [2.45, 2.75) is 20.3 Å². The van der Waals surface area contributed by atoms with Crippen molar-refractivity contribution in [1.82, 2.24) is 24.9 Å². The largest absolute Gasteiger partial charge is 0.329 e. The fraction of sp³-hybridized carbons (Fsp3) is 0.250. The lowest BCUT2D eigenvalue weighted by molar-refractivity contribution is -0.116. The van der Waals surface area contributed by atoms with Gasteiger partial charge < -0.3 is 10.2 Å². The monoisotopic (exact) mass is 462 g/mol. The van der Waals surface area contributed by atoms with Crippen LogP contribution in [0.15, 0.2) is 41.3 Å². The zero-order valence-corrected chi connectivity index (χ0v) is 18.4. The standard InChI is InChI=1S/C20H20Cl2N6O3/c1-3-8-27(11-19(30)24-16-5-4-13(21)9-15(16)22)20(31)14-10-23-28(12(14)2)17-6-7-18(29)26-25-17/h4-7,9-10H,3,8,11H2,1-2H3,(H,24,30)(H,26,29). The molecule has 3 rings (SSSR count). The average molecular weight is 463 g/mol. The lowest BCUT2D eigenvalue weighted by atomic mass is 10.2. The van der Waals surface area contributed by atoms with Gasteiger partial charge in [-0.2, -0.15) is 10.2 Å². The maximum Gasteiger partial charge on any atom is 0.264 e. The number of carbonyl (C=O) groups excluding carboxylic acids is 2. The minimum Gasteiger partial charge on any atom is -0.329 e. The van der Waals surface area contributed by atoms with Crippen molar-refractivity contribution < 1.29 is 9.59 Å². The minimum absolute atomic E-state index is 0.160. The van der Waals surface area contributed by atoms with Crippen LogP contribution < -0.4 is 10.9 Å². The molecular formula is C20H20Cl2N6O3. The third kappa shape index (κ3) is 5.31. The van der Waals surface area contributed by atoms with E-state index >= 15 is 0 Å². The number of nitrogens with one attached hydrogen (secondary N) is 2. The highest BCUT2D eigenvalue weighted by Crippen LogP contribution is 2.25. The molecule has 11 heteroatoms. The molecular weight excluding hydrogens is 443 g/mol. The maximum atomic E-state index is 13.1. The Kier molecular flexibility index (Phi) is 7.09. The van der Waals surface area contributed by atoms with Crippen molar-refractivity contribution >= 4 is 40.7 Å². The Morgan fingerprint density at radius 1 is 1.23 bits per heavy atom. The number of halogens is 2. The number of anilines is 1. The second-order valence-corrected chi connectivity index (χ2v) is 7.58. The number of aromatic nitrogens is 4. The predicted octanol–water partition coefficient (Wildman–Crippen LogP) is 3.06. The van der Waals surface area contributed by atoms with Crippen molar-refractivity contribution in [1.29, 1.82) is 0 Å². The minimum atomic E-state index is -0.390. The Hall–Kier alpha value is -3.17. The van der Waals surface area contributed by atoms with E-state index in [1.54, 1.807) is 19.1 Å². The van der Waals surface area contributed by atoms with E-state index in [0.29, 0.717) is 45.8 Å². The lowest BCUT2D eigenvalue weighted by Crippen LogP contribution is -2.38. The Morgan fingerprint density at radius 2 is 2.00 bits per heavy atom. The van der Waals surface area contributed by atoms with E-state index in [-0.39, 0.29) is 18.0 Å². The molecule has 0 aliphatic rings. The zero-order chi connectivity index (χ0) is 22.5. The van der Waals surface area contributed by atoms with Gasteiger partial charge in [-0.15, -0.1) is 0 Å². The highest BCUT2D eigenvalue weighted by atomic mass is 35.5. The third-order valence-corrected chi connectivity index (χ3v) is 4.99. The summed E-state index contributed by atoms with van der Waals surface area (Å²) in [7, 11) is 0. The summed E-state index contributed by atoms with van der Waals surface area (Å²) >= 11 is 12.0. The number of H-pyrrole nitrogens is 1. The SMILES string of the molecule is CCCN(CC(=O)Nc1ccc(Cl)cc1Cl)C(=O)c1cnn(-c2ccc(=O)[nH]n2)c1C. The summed E-state index contributed by atoms with van der Waals surface area (Å²) in [6.45, 7) is 3.84. The van der Waals surface area contributed by atoms with Crippen LogP contribution in [0.2, 0.25) is 10.0 Å². The summed E-state index contributed by atoms with van der Waals surface area (Å²) in [5, 5.41) is 13.9. The molecule has 2 N–H and O–H groups in total. The van der Waals surface area contributed by atoms with Crippen LogP contribution in [0.3, 0.4) is 0 Å². The van der Waals surface area contributed by atoms with E-state index in [2.05, 4.69) is 20.6 Å². The summed E-state index contributed by atoms with van der Waals surface area (Å²) in [5.74, 6) is -0.362. The summed E-state index contributed by atoms with van der Waals surface area (Å²) < 4.78 is 1.45. The van der Waals surface area contributed by atoms with Crippen molar-refractivity contribution in [2.75, 3.05) is 18.4 Å². The molecule has 0 atom stereocenters. The number of hydrogen-bond acceptors (Lipinski definition) is 5. The van der Waals surface area contributed by atoms with Crippen LogP contribution in [-0.4, -0.2) is 49.8 Å². The number of rotatable bonds is 7. The molecule has 9 nitrogen and oxygen atoms in total. The van der Waals surface area contributed by atoms with Crippen molar-refractivity contribution in [3.05, 3.63) is 68.2 Å². The molecule has 0 fully saturated rings. The van der Waals surface area contributed by atoms with Gasteiger partial charge in [0, 0.05) is 17.6 Å². The first-order valence-electron chi connectivity index (χ1n) is 9.45. The number of nitrogens with zero attached hydrogens (tertiary/aromatic N) is 4. The van der Waals surface area contributed by atoms with Gasteiger partial charge in [0.15, 0.2) is 5.82 Å². The second kappa shape index (κ2) is 9.76. The van der Waals surface area contributed by atoms with E-state index in [1.807, 2.05) is 6.92 Å². The molecule has 0 saturated carbocycles. The van der Waals surface area contributed by atoms with Crippen LogP contribution in [-0.2, 0) is 4.79 Å². The number of benzene rings is 1. The Balaban J connectivity index is 1.78. The highest BCUT2D eigenvalue weighted by Gasteiger charge is 2.23. The number of hydrogen-bond donors (Lipinski definition) is 2. The molecule has 0 spiro atoms. The Morgan fingerprint density at radius 3 is 2.65 bits per heavy atom. The van der Waals surface area contributed by atoms with E-state index in [0.717, 1.165) is 0 Å². The van der Waals surface area contributed by atoms with Gasteiger partial charge in [-0.05, 0) is 37.6 Å². The topological polar surface area (TPSA) is 113 Å². The van der Waals surface area contributed by atoms with Crippen molar-refractivity contribution in [3.63, 3.8) is 0 Å². The summed E-state index contributed by atoms with van der Waals surface area (Å²) in [4.78, 5) is 38.3. The number of amides is 2. The van der Waals surface area contributed by atoms with Gasteiger partial charge in [-0.25, -0.2) is 9.78 Å². The molecule has 0 saturated heterocycles. The van der Waals surface area contributed by atoms with Gasteiger partial charge in [0.2, 0.25) is 5.91 Å². The van der Waals surface area contributed by atoms with Gasteiger partial charge in [0.1, 0.15) is 6.54 Å². The van der Waals surface area contributed by atoms with E-state index in [1.165, 1.54) is 34.0 Å². The van der Waals surface area contributed by atoms with E-state index < -0.39 is 5.91 Å². The molecule has 2 amide bonds. The van der Waals surface area contributed by atoms with Gasteiger partial charge in [0.25, 0.3) is 11.5 Å². The first kappa shape index (κ1) is 22.5. The van der Waals surface area contributed by atoms with Gasteiger partial charge in [0.05, 0.1) is 28.2 Å². The summed E-state index contributed by atoms with van der Waals surface area (Å²) in [5.41, 5.74) is 0.935. The average Bonchev–Trinajstić information content (AvgIpc) is 3.11. The smallest absolute Gasteiger partial charge is 0.264 e. The van der Waals surface area contributed by atoms with E-state index in [9.17, 15) is 14.4 Å².